The number of primary amides is 1. The molecule has 9 heteroatoms. The van der Waals surface area contributed by atoms with Crippen LogP contribution >= 0.6 is 0 Å². The van der Waals surface area contributed by atoms with Crippen molar-refractivity contribution in [2.75, 3.05) is 10.5 Å². The first-order valence-electron chi connectivity index (χ1n) is 7.17. The number of hydrogen-bond acceptors (Lipinski definition) is 6. The molecule has 0 atom stereocenters. The second-order valence-corrected chi connectivity index (χ2v) is 6.98. The number of nitrogens with two attached hydrogens (primary N) is 2. The number of carbonyl (C=O) groups is 1. The molecule has 1 aromatic carbocycles. The standard InChI is InChI=1S/C12H14N4O2S.C4H7NO/c1-8-7-9(2)15-12(14-8)16-19(17,18)11-5-3-10(13)4-6-11;1-3(2)4(5)6/h3-7H,13H2,1-2H3,(H,14,15,16);1H2,2H3,(H2,5,6). The quantitative estimate of drug-likeness (QED) is 0.555. The summed E-state index contributed by atoms with van der Waals surface area (Å²) >= 11 is 0. The Labute approximate surface area is 147 Å². The number of aromatic nitrogens is 2. The van der Waals surface area contributed by atoms with Crippen molar-refractivity contribution in [1.29, 1.82) is 0 Å². The number of nitrogen functional groups attached to an aromatic ring is 1. The first-order valence-corrected chi connectivity index (χ1v) is 8.65. The Morgan fingerprint density at radius 1 is 1.12 bits per heavy atom. The molecule has 0 unspecified atom stereocenters. The highest BCUT2D eigenvalue weighted by atomic mass is 32.2. The van der Waals surface area contributed by atoms with Crippen molar-refractivity contribution >= 4 is 27.6 Å². The monoisotopic (exact) mass is 363 g/mol. The van der Waals surface area contributed by atoms with Crippen LogP contribution in [0, 0.1) is 13.8 Å². The molecule has 0 aliphatic carbocycles. The van der Waals surface area contributed by atoms with Gasteiger partial charge < -0.3 is 11.5 Å². The third-order valence-corrected chi connectivity index (χ3v) is 4.16. The maximum absolute atomic E-state index is 12.1. The number of rotatable bonds is 4. The van der Waals surface area contributed by atoms with Gasteiger partial charge in [-0.1, -0.05) is 6.58 Å². The Morgan fingerprint density at radius 2 is 1.56 bits per heavy atom. The molecule has 0 fully saturated rings. The zero-order chi connectivity index (χ0) is 19.2. The SMILES string of the molecule is C=C(C)C(N)=O.Cc1cc(C)nc(NS(=O)(=O)c2ccc(N)cc2)n1. The third kappa shape index (κ3) is 6.60. The van der Waals surface area contributed by atoms with Gasteiger partial charge in [-0.3, -0.25) is 4.79 Å². The van der Waals surface area contributed by atoms with Crippen molar-refractivity contribution in [3.05, 3.63) is 53.9 Å². The van der Waals surface area contributed by atoms with Crippen molar-refractivity contribution in [3.63, 3.8) is 0 Å². The lowest BCUT2D eigenvalue weighted by atomic mass is 10.3. The average molecular weight is 363 g/mol. The fourth-order valence-corrected chi connectivity index (χ4v) is 2.54. The number of hydrogen-bond donors (Lipinski definition) is 3. The molecule has 1 aromatic heterocycles. The number of anilines is 2. The van der Waals surface area contributed by atoms with Crippen molar-refractivity contribution in [1.82, 2.24) is 9.97 Å². The maximum atomic E-state index is 12.1. The summed E-state index contributed by atoms with van der Waals surface area (Å²) in [6.07, 6.45) is 0. The summed E-state index contributed by atoms with van der Waals surface area (Å²) in [7, 11) is -3.69. The Balaban J connectivity index is 0.000000450. The number of nitrogens with one attached hydrogen (secondary N) is 1. The molecule has 0 saturated carbocycles. The van der Waals surface area contributed by atoms with E-state index < -0.39 is 15.9 Å². The minimum absolute atomic E-state index is 0.0642. The maximum Gasteiger partial charge on any atom is 0.264 e. The van der Waals surface area contributed by atoms with Crippen LogP contribution in [0.2, 0.25) is 0 Å². The number of nitrogens with zero attached hydrogens (tertiary/aromatic N) is 2. The highest BCUT2D eigenvalue weighted by Crippen LogP contribution is 2.15. The molecule has 1 amide bonds. The van der Waals surface area contributed by atoms with E-state index in [-0.39, 0.29) is 10.8 Å². The topological polar surface area (TPSA) is 141 Å². The summed E-state index contributed by atoms with van der Waals surface area (Å²) in [6.45, 7) is 8.40. The number of sulfonamides is 1. The molecule has 0 bridgehead atoms. The van der Waals surface area contributed by atoms with E-state index in [9.17, 15) is 13.2 Å². The van der Waals surface area contributed by atoms with Gasteiger partial charge >= 0.3 is 0 Å². The molecule has 0 saturated heterocycles. The van der Waals surface area contributed by atoms with E-state index in [1.807, 2.05) is 0 Å². The van der Waals surface area contributed by atoms with Gasteiger partial charge in [-0.05, 0) is 51.1 Å². The molecule has 2 rings (SSSR count). The fraction of sp³-hybridized carbons (Fsp3) is 0.188. The molecule has 0 radical (unpaired) electrons. The number of amides is 1. The van der Waals surface area contributed by atoms with Crippen LogP contribution in [0.5, 0.6) is 0 Å². The second kappa shape index (κ2) is 8.25. The predicted octanol–water partition coefficient (Wildman–Crippen LogP) is 1.52. The van der Waals surface area contributed by atoms with Crippen LogP contribution in [0.25, 0.3) is 0 Å². The van der Waals surface area contributed by atoms with Crippen LogP contribution in [0.4, 0.5) is 11.6 Å². The molecule has 0 spiro atoms. The summed E-state index contributed by atoms with van der Waals surface area (Å²) < 4.78 is 26.6. The van der Waals surface area contributed by atoms with Crippen LogP contribution in [0.3, 0.4) is 0 Å². The molecule has 2 aromatic rings. The smallest absolute Gasteiger partial charge is 0.264 e. The van der Waals surface area contributed by atoms with Gasteiger partial charge in [-0.25, -0.2) is 23.1 Å². The summed E-state index contributed by atoms with van der Waals surface area (Å²) in [5, 5.41) is 0. The van der Waals surface area contributed by atoms with Crippen molar-refractivity contribution in [2.24, 2.45) is 5.73 Å². The van der Waals surface area contributed by atoms with E-state index in [1.165, 1.54) is 24.3 Å². The second-order valence-electron chi connectivity index (χ2n) is 5.29. The Kier molecular flexibility index (Phi) is 6.63. The number of carbonyl (C=O) groups excluding carboxylic acids is 1. The lowest BCUT2D eigenvalue weighted by Gasteiger charge is -2.08. The molecular weight excluding hydrogens is 342 g/mol. The largest absolute Gasteiger partial charge is 0.399 e. The van der Waals surface area contributed by atoms with Gasteiger partial charge in [0.1, 0.15) is 0 Å². The fourth-order valence-electron chi connectivity index (χ4n) is 1.60. The molecule has 1 heterocycles. The average Bonchev–Trinajstić information content (AvgIpc) is 2.46. The Morgan fingerprint density at radius 3 is 1.96 bits per heavy atom. The van der Waals surface area contributed by atoms with Crippen LogP contribution < -0.4 is 16.2 Å². The van der Waals surface area contributed by atoms with Crippen molar-refractivity contribution in [3.8, 4) is 0 Å². The Hall–Kier alpha value is -2.94. The van der Waals surface area contributed by atoms with Gasteiger partial charge in [0.25, 0.3) is 10.0 Å². The van der Waals surface area contributed by atoms with Gasteiger partial charge in [0.05, 0.1) is 4.90 Å². The summed E-state index contributed by atoms with van der Waals surface area (Å²) in [4.78, 5) is 18.0. The summed E-state index contributed by atoms with van der Waals surface area (Å²) in [5.41, 5.74) is 12.5. The van der Waals surface area contributed by atoms with E-state index >= 15 is 0 Å². The molecule has 5 N–H and O–H groups in total. The normalized spacial score (nSPS) is 10.4. The van der Waals surface area contributed by atoms with E-state index in [0.29, 0.717) is 22.6 Å². The predicted molar refractivity (Wildman–Crippen MR) is 97.2 cm³/mol. The zero-order valence-electron chi connectivity index (χ0n) is 14.3. The van der Waals surface area contributed by atoms with Crippen LogP contribution in [-0.4, -0.2) is 24.3 Å². The lowest BCUT2D eigenvalue weighted by Crippen LogP contribution is -2.15. The molecule has 25 heavy (non-hydrogen) atoms. The van der Waals surface area contributed by atoms with Gasteiger partial charge in [0, 0.05) is 22.6 Å². The number of benzene rings is 1. The van der Waals surface area contributed by atoms with Crippen LogP contribution in [0.1, 0.15) is 18.3 Å². The van der Waals surface area contributed by atoms with Gasteiger partial charge in [-0.2, -0.15) is 0 Å². The highest BCUT2D eigenvalue weighted by molar-refractivity contribution is 7.92. The van der Waals surface area contributed by atoms with Gasteiger partial charge in [-0.15, -0.1) is 0 Å². The lowest BCUT2D eigenvalue weighted by molar-refractivity contribution is -0.114. The molecular formula is C16H21N5O3S. The molecule has 134 valence electrons. The van der Waals surface area contributed by atoms with Gasteiger partial charge in [0.2, 0.25) is 11.9 Å². The molecule has 0 aliphatic heterocycles. The minimum Gasteiger partial charge on any atom is -0.399 e. The first kappa shape index (κ1) is 20.1. The third-order valence-electron chi connectivity index (χ3n) is 2.82. The van der Waals surface area contributed by atoms with Crippen molar-refractivity contribution < 1.29 is 13.2 Å². The highest BCUT2D eigenvalue weighted by Gasteiger charge is 2.15. The first-order chi connectivity index (χ1) is 11.5. The minimum atomic E-state index is -3.69. The zero-order valence-corrected chi connectivity index (χ0v) is 15.1. The van der Waals surface area contributed by atoms with E-state index in [2.05, 4.69) is 21.3 Å². The molecule has 0 aliphatic rings. The Bertz CT molecular complexity index is 845. The van der Waals surface area contributed by atoms with Crippen LogP contribution in [-0.2, 0) is 14.8 Å². The van der Waals surface area contributed by atoms with Crippen LogP contribution in [0.15, 0.2) is 47.4 Å². The van der Waals surface area contributed by atoms with E-state index in [4.69, 9.17) is 11.5 Å². The summed E-state index contributed by atoms with van der Waals surface area (Å²) in [5.74, 6) is -0.371. The van der Waals surface area contributed by atoms with Gasteiger partial charge in [0.15, 0.2) is 0 Å². The van der Waals surface area contributed by atoms with E-state index in [0.717, 1.165) is 0 Å². The van der Waals surface area contributed by atoms with E-state index in [1.54, 1.807) is 26.8 Å². The number of aryl methyl sites for hydroxylation is 2. The van der Waals surface area contributed by atoms with Crippen molar-refractivity contribution in [2.45, 2.75) is 25.7 Å². The summed E-state index contributed by atoms with van der Waals surface area (Å²) in [6, 6.07) is 7.68. The molecule has 8 nitrogen and oxygen atoms in total.